The molecular weight excluding hydrogens is 677 g/mol. The van der Waals surface area contributed by atoms with Crippen molar-refractivity contribution in [3.63, 3.8) is 0 Å². The number of ether oxygens (including phenoxy) is 1. The molecule has 2 atom stereocenters. The number of pyridine rings is 1. The van der Waals surface area contributed by atoms with Crippen LogP contribution >= 0.6 is 24.0 Å². The normalized spacial score (nSPS) is 16.5. The first kappa shape index (κ1) is 37.7. The number of hydrogen-bond acceptors (Lipinski definition) is 7. The molecule has 0 spiro atoms. The van der Waals surface area contributed by atoms with E-state index < -0.39 is 39.2 Å². The molecule has 47 heavy (non-hydrogen) atoms. The third-order valence-corrected chi connectivity index (χ3v) is 9.22. The van der Waals surface area contributed by atoms with Gasteiger partial charge in [0.15, 0.2) is 0 Å². The summed E-state index contributed by atoms with van der Waals surface area (Å²) >= 11 is 6.31. The quantitative estimate of drug-likeness (QED) is 0.159. The molecule has 1 aliphatic rings. The van der Waals surface area contributed by atoms with Crippen LogP contribution in [0.15, 0.2) is 48.7 Å². The van der Waals surface area contributed by atoms with Gasteiger partial charge in [-0.05, 0) is 56.0 Å². The fourth-order valence-electron chi connectivity index (χ4n) is 5.17. The molecule has 0 radical (unpaired) electrons. The minimum atomic E-state index is -3.44. The molecule has 4 rings (SSSR count). The molecule has 2 heterocycles. The number of sulfonamides is 1. The number of rotatable bonds is 13. The highest BCUT2D eigenvalue weighted by Gasteiger charge is 2.29. The van der Waals surface area contributed by atoms with E-state index in [1.807, 2.05) is 6.07 Å². The van der Waals surface area contributed by atoms with Gasteiger partial charge in [-0.25, -0.2) is 27.0 Å². The zero-order chi connectivity index (χ0) is 33.4. The van der Waals surface area contributed by atoms with Crippen LogP contribution in [-0.4, -0.2) is 54.6 Å². The lowest BCUT2D eigenvalue weighted by atomic mass is 9.93. The Bertz CT molecular complexity index is 1670. The van der Waals surface area contributed by atoms with E-state index in [9.17, 15) is 26.8 Å². The molecule has 1 aliphatic heterocycles. The van der Waals surface area contributed by atoms with Crippen LogP contribution in [0.4, 0.5) is 25.0 Å². The third kappa shape index (κ3) is 10.6. The van der Waals surface area contributed by atoms with Crippen molar-refractivity contribution >= 4 is 57.3 Å². The molecule has 0 bridgehead atoms. The van der Waals surface area contributed by atoms with E-state index in [4.69, 9.17) is 22.1 Å². The van der Waals surface area contributed by atoms with Gasteiger partial charge in [0, 0.05) is 43.5 Å². The van der Waals surface area contributed by atoms with Gasteiger partial charge in [-0.1, -0.05) is 37.4 Å². The Morgan fingerprint density at radius 3 is 2.53 bits per heavy atom. The van der Waals surface area contributed by atoms with E-state index in [0.29, 0.717) is 49.3 Å². The highest BCUT2D eigenvalue weighted by atomic mass is 35.5. The van der Waals surface area contributed by atoms with Gasteiger partial charge >= 0.3 is 6.03 Å². The molecule has 3 amide bonds. The smallest absolute Gasteiger partial charge is 0.319 e. The van der Waals surface area contributed by atoms with Gasteiger partial charge in [-0.3, -0.25) is 14.4 Å². The molecule has 5 N–H and O–H groups in total. The number of benzene rings is 2. The summed E-state index contributed by atoms with van der Waals surface area (Å²) in [6, 6.07) is 8.96. The van der Waals surface area contributed by atoms with Crippen LogP contribution in [0.3, 0.4) is 0 Å². The number of hydrogen-bond donors (Lipinski definition) is 4. The Kier molecular flexibility index (Phi) is 13.6. The number of amides is 3. The number of primary amides is 1. The first-order valence-electron chi connectivity index (χ1n) is 14.9. The predicted molar refractivity (Wildman–Crippen MR) is 180 cm³/mol. The average Bonchev–Trinajstić information content (AvgIpc) is 3.00. The summed E-state index contributed by atoms with van der Waals surface area (Å²) in [6.07, 6.45) is 5.97. The van der Waals surface area contributed by atoms with Crippen LogP contribution in [0.25, 0.3) is 0 Å². The molecule has 1 aromatic heterocycles. The molecule has 1 fully saturated rings. The predicted octanol–water partition coefficient (Wildman–Crippen LogP) is 6.43. The SMILES string of the molecule is CCCCC1CC(NC(=O)Nc2cc(C(N)=O)c(F)cc2F)CCN1Cc1ccc(Oc2ccc(NS(=O)(=O)CC)cc2Cl)nc1.Cl. The number of nitrogens with two attached hydrogens (primary N) is 1. The van der Waals surface area contributed by atoms with Gasteiger partial charge in [0.1, 0.15) is 17.4 Å². The highest BCUT2D eigenvalue weighted by molar-refractivity contribution is 7.92. The standard InChI is InChI=1S/C31H37ClF2N6O5S.ClH/c1-3-5-6-22-13-20(37-31(42)38-27-15-23(30(35)41)25(33)16-26(27)34)11-12-40(22)18-19-7-10-29(36-17-19)45-28-9-8-21(14-24(28)32)39-46(43,44)4-2;/h7-10,14-17,20,22,39H,3-6,11-13,18H2,1-2H3,(H2,35,41)(H2,37,38,42);1H. The maximum Gasteiger partial charge on any atom is 0.319 e. The van der Waals surface area contributed by atoms with E-state index in [0.717, 1.165) is 30.9 Å². The first-order valence-corrected chi connectivity index (χ1v) is 16.9. The summed E-state index contributed by atoms with van der Waals surface area (Å²) in [5.74, 6) is -2.60. The number of piperidine rings is 1. The maximum absolute atomic E-state index is 14.2. The van der Waals surface area contributed by atoms with Crippen LogP contribution in [0.2, 0.25) is 5.02 Å². The van der Waals surface area contributed by atoms with Crippen molar-refractivity contribution < 1.29 is 31.5 Å². The van der Waals surface area contributed by atoms with Crippen LogP contribution in [0, 0.1) is 11.6 Å². The molecule has 2 unspecified atom stereocenters. The Morgan fingerprint density at radius 1 is 1.13 bits per heavy atom. The minimum absolute atomic E-state index is 0. The molecule has 256 valence electrons. The lowest BCUT2D eigenvalue weighted by molar-refractivity contribution is 0.0996. The number of aromatic nitrogens is 1. The lowest BCUT2D eigenvalue weighted by Crippen LogP contribution is -2.50. The largest absolute Gasteiger partial charge is 0.437 e. The molecule has 0 saturated carbocycles. The highest BCUT2D eigenvalue weighted by Crippen LogP contribution is 2.32. The lowest BCUT2D eigenvalue weighted by Gasteiger charge is -2.40. The Labute approximate surface area is 284 Å². The van der Waals surface area contributed by atoms with Gasteiger partial charge in [0.25, 0.3) is 5.91 Å². The topological polar surface area (TPSA) is 156 Å². The van der Waals surface area contributed by atoms with Gasteiger partial charge in [-0.15, -0.1) is 12.4 Å². The minimum Gasteiger partial charge on any atom is -0.437 e. The van der Waals surface area contributed by atoms with E-state index >= 15 is 0 Å². The van der Waals surface area contributed by atoms with Crippen molar-refractivity contribution in [2.75, 3.05) is 22.3 Å². The number of carbonyl (C=O) groups is 2. The summed E-state index contributed by atoms with van der Waals surface area (Å²) in [6.45, 7) is 4.97. The number of unbranched alkanes of at least 4 members (excludes halogenated alkanes) is 1. The number of nitrogens with one attached hydrogen (secondary N) is 3. The number of likely N-dealkylation sites (tertiary alicyclic amines) is 1. The van der Waals surface area contributed by atoms with Crippen LogP contribution in [0.1, 0.15) is 61.9 Å². The van der Waals surface area contributed by atoms with Crippen molar-refractivity contribution in [1.29, 1.82) is 0 Å². The number of anilines is 2. The van der Waals surface area contributed by atoms with E-state index in [1.54, 1.807) is 24.4 Å². The number of halogens is 4. The Morgan fingerprint density at radius 2 is 1.89 bits per heavy atom. The molecule has 3 aromatic rings. The zero-order valence-electron chi connectivity index (χ0n) is 25.9. The molecular formula is C31H38Cl2F2N6O5S. The Hall–Kier alpha value is -3.72. The molecule has 1 saturated heterocycles. The summed E-state index contributed by atoms with van der Waals surface area (Å²) in [4.78, 5) is 30.9. The summed E-state index contributed by atoms with van der Waals surface area (Å²) in [7, 11) is -3.44. The third-order valence-electron chi connectivity index (χ3n) is 7.62. The number of urea groups is 1. The van der Waals surface area contributed by atoms with Crippen molar-refractivity contribution in [2.45, 2.75) is 64.6 Å². The molecule has 16 heteroatoms. The summed E-state index contributed by atoms with van der Waals surface area (Å²) in [5.41, 5.74) is 5.58. The van der Waals surface area contributed by atoms with Crippen molar-refractivity contribution in [3.8, 4) is 11.6 Å². The van der Waals surface area contributed by atoms with Gasteiger partial charge < -0.3 is 21.1 Å². The monoisotopic (exact) mass is 714 g/mol. The second kappa shape index (κ2) is 16.9. The van der Waals surface area contributed by atoms with Gasteiger partial charge in [-0.2, -0.15) is 0 Å². The number of carbonyl (C=O) groups excluding carboxylic acids is 2. The van der Waals surface area contributed by atoms with Crippen LogP contribution in [0.5, 0.6) is 11.6 Å². The maximum atomic E-state index is 14.2. The van der Waals surface area contributed by atoms with Crippen LogP contribution in [-0.2, 0) is 16.6 Å². The molecule has 2 aromatic carbocycles. The van der Waals surface area contributed by atoms with Crippen molar-refractivity contribution in [1.82, 2.24) is 15.2 Å². The zero-order valence-corrected chi connectivity index (χ0v) is 28.3. The van der Waals surface area contributed by atoms with E-state index in [1.165, 1.54) is 13.0 Å². The van der Waals surface area contributed by atoms with E-state index in [-0.39, 0.29) is 41.0 Å². The van der Waals surface area contributed by atoms with Gasteiger partial charge in [0.05, 0.1) is 27.7 Å². The second-order valence-electron chi connectivity index (χ2n) is 11.0. The van der Waals surface area contributed by atoms with Crippen LogP contribution < -0.4 is 25.8 Å². The van der Waals surface area contributed by atoms with Crippen molar-refractivity contribution in [2.24, 2.45) is 5.73 Å². The summed E-state index contributed by atoms with van der Waals surface area (Å²) in [5, 5.41) is 5.46. The average molecular weight is 716 g/mol. The summed E-state index contributed by atoms with van der Waals surface area (Å²) < 4.78 is 59.9. The molecule has 0 aliphatic carbocycles. The van der Waals surface area contributed by atoms with Crippen molar-refractivity contribution in [3.05, 3.63) is 76.4 Å². The molecule has 11 nitrogen and oxygen atoms in total. The number of nitrogens with zero attached hydrogens (tertiary/aromatic N) is 2. The fourth-order valence-corrected chi connectivity index (χ4v) is 6.02. The van der Waals surface area contributed by atoms with Gasteiger partial charge in [0.2, 0.25) is 15.9 Å². The first-order chi connectivity index (χ1) is 21.9. The van der Waals surface area contributed by atoms with E-state index in [2.05, 4.69) is 32.2 Å². The fraction of sp³-hybridized carbons (Fsp3) is 0.387. The second-order valence-corrected chi connectivity index (χ2v) is 13.4. The Balaban J connectivity index is 0.00000600.